The molecule has 3 heteroatoms. The highest BCUT2D eigenvalue weighted by atomic mass is 15.5. The molecule has 4 bridgehead atoms. The van der Waals surface area contributed by atoms with E-state index in [0.717, 1.165) is 23.3 Å². The van der Waals surface area contributed by atoms with Gasteiger partial charge in [-0.25, -0.2) is 4.68 Å². The Kier molecular flexibility index (Phi) is 1.85. The van der Waals surface area contributed by atoms with Gasteiger partial charge >= 0.3 is 0 Å². The lowest BCUT2D eigenvalue weighted by molar-refractivity contribution is -0.0479. The summed E-state index contributed by atoms with van der Waals surface area (Å²) >= 11 is 0. The van der Waals surface area contributed by atoms with Crippen molar-refractivity contribution >= 4 is 11.0 Å². The summed E-state index contributed by atoms with van der Waals surface area (Å²) in [6, 6.07) is 8.44. The average molecular weight is 253 g/mol. The first-order valence-electron chi connectivity index (χ1n) is 7.63. The molecular weight excluding hydrogens is 234 g/mol. The summed E-state index contributed by atoms with van der Waals surface area (Å²) in [4.78, 5) is 0. The van der Waals surface area contributed by atoms with E-state index in [1.807, 2.05) is 0 Å². The summed E-state index contributed by atoms with van der Waals surface area (Å²) in [5.41, 5.74) is 2.59. The van der Waals surface area contributed by atoms with Crippen molar-refractivity contribution in [2.24, 2.45) is 17.8 Å². The quantitative estimate of drug-likeness (QED) is 0.780. The second kappa shape index (κ2) is 3.38. The Morgan fingerprint density at radius 3 is 2.26 bits per heavy atom. The Balaban J connectivity index is 1.69. The van der Waals surface area contributed by atoms with Gasteiger partial charge in [-0.15, -0.1) is 5.10 Å². The molecule has 4 fully saturated rings. The van der Waals surface area contributed by atoms with E-state index in [-0.39, 0.29) is 0 Å². The first kappa shape index (κ1) is 10.4. The van der Waals surface area contributed by atoms with Gasteiger partial charge in [-0.2, -0.15) is 0 Å². The Morgan fingerprint density at radius 2 is 1.58 bits per heavy atom. The van der Waals surface area contributed by atoms with E-state index in [0.29, 0.717) is 5.54 Å². The summed E-state index contributed by atoms with van der Waals surface area (Å²) in [7, 11) is 0. The van der Waals surface area contributed by atoms with E-state index in [9.17, 15) is 0 Å². The smallest absolute Gasteiger partial charge is 0.113 e. The van der Waals surface area contributed by atoms with Crippen molar-refractivity contribution in [1.29, 1.82) is 0 Å². The minimum absolute atomic E-state index is 0.296. The Bertz CT molecular complexity index is 607. The Hall–Kier alpha value is -1.38. The summed E-state index contributed by atoms with van der Waals surface area (Å²) in [5, 5.41) is 8.94. The van der Waals surface area contributed by atoms with Gasteiger partial charge in [0.25, 0.3) is 0 Å². The molecule has 1 aromatic heterocycles. The number of aromatic nitrogens is 3. The fourth-order valence-corrected chi connectivity index (χ4v) is 5.54. The van der Waals surface area contributed by atoms with Crippen LogP contribution < -0.4 is 0 Å². The molecular formula is C16H19N3. The van der Waals surface area contributed by atoms with Crippen LogP contribution in [0.3, 0.4) is 0 Å². The average Bonchev–Trinajstić information content (AvgIpc) is 2.81. The van der Waals surface area contributed by atoms with Crippen LogP contribution in [0.15, 0.2) is 24.3 Å². The van der Waals surface area contributed by atoms with Crippen molar-refractivity contribution < 1.29 is 0 Å². The number of fused-ring (bicyclic) bond motifs is 1. The number of hydrogen-bond donors (Lipinski definition) is 0. The van der Waals surface area contributed by atoms with Crippen LogP contribution in [0.25, 0.3) is 11.0 Å². The van der Waals surface area contributed by atoms with Gasteiger partial charge in [0.05, 0.1) is 11.1 Å². The molecule has 6 rings (SSSR count). The molecule has 4 aliphatic rings. The SMILES string of the molecule is c1ccc2c(c1)nnn2C12CC3CC(CC(C3)C1)C2. The van der Waals surface area contributed by atoms with Gasteiger partial charge in [0.15, 0.2) is 0 Å². The summed E-state index contributed by atoms with van der Waals surface area (Å²) in [5.74, 6) is 2.86. The van der Waals surface area contributed by atoms with E-state index < -0.39 is 0 Å². The third-order valence-electron chi connectivity index (χ3n) is 5.81. The van der Waals surface area contributed by atoms with Gasteiger partial charge in [-0.05, 0) is 68.4 Å². The van der Waals surface area contributed by atoms with E-state index in [4.69, 9.17) is 0 Å². The third kappa shape index (κ3) is 1.33. The maximum absolute atomic E-state index is 4.55. The van der Waals surface area contributed by atoms with Crippen molar-refractivity contribution in [2.75, 3.05) is 0 Å². The van der Waals surface area contributed by atoms with Gasteiger partial charge < -0.3 is 0 Å². The van der Waals surface area contributed by atoms with E-state index in [1.165, 1.54) is 44.0 Å². The van der Waals surface area contributed by atoms with Crippen molar-refractivity contribution in [1.82, 2.24) is 15.0 Å². The van der Waals surface area contributed by atoms with Crippen LogP contribution in [-0.4, -0.2) is 15.0 Å². The maximum atomic E-state index is 4.55. The lowest BCUT2D eigenvalue weighted by Gasteiger charge is -2.56. The lowest BCUT2D eigenvalue weighted by Crippen LogP contribution is -2.52. The van der Waals surface area contributed by atoms with Crippen molar-refractivity contribution in [2.45, 2.75) is 44.1 Å². The largest absolute Gasteiger partial charge is 0.239 e. The molecule has 0 unspecified atom stereocenters. The third-order valence-corrected chi connectivity index (χ3v) is 5.81. The topological polar surface area (TPSA) is 30.7 Å². The highest BCUT2D eigenvalue weighted by molar-refractivity contribution is 5.74. The van der Waals surface area contributed by atoms with Crippen LogP contribution in [-0.2, 0) is 5.54 Å². The van der Waals surface area contributed by atoms with Crippen molar-refractivity contribution in [3.63, 3.8) is 0 Å². The number of para-hydroxylation sites is 1. The van der Waals surface area contributed by atoms with Crippen LogP contribution in [0.4, 0.5) is 0 Å². The molecule has 1 heterocycles. The minimum Gasteiger partial charge on any atom is -0.239 e. The maximum Gasteiger partial charge on any atom is 0.113 e. The molecule has 4 aliphatic carbocycles. The summed E-state index contributed by atoms with van der Waals surface area (Å²) < 4.78 is 2.30. The molecule has 4 saturated carbocycles. The molecule has 0 saturated heterocycles. The van der Waals surface area contributed by atoms with Gasteiger partial charge in [0.1, 0.15) is 5.52 Å². The second-order valence-electron chi connectivity index (χ2n) is 7.13. The summed E-state index contributed by atoms with van der Waals surface area (Å²) in [6.45, 7) is 0. The number of benzene rings is 1. The molecule has 98 valence electrons. The first-order valence-corrected chi connectivity index (χ1v) is 7.63. The van der Waals surface area contributed by atoms with E-state index >= 15 is 0 Å². The molecule has 0 amide bonds. The van der Waals surface area contributed by atoms with E-state index in [2.05, 4.69) is 39.3 Å². The monoisotopic (exact) mass is 253 g/mol. The first-order chi connectivity index (χ1) is 9.32. The summed E-state index contributed by atoms with van der Waals surface area (Å²) in [6.07, 6.45) is 8.45. The van der Waals surface area contributed by atoms with Crippen LogP contribution in [0.5, 0.6) is 0 Å². The second-order valence-corrected chi connectivity index (χ2v) is 7.13. The number of rotatable bonds is 1. The Labute approximate surface area is 113 Å². The Morgan fingerprint density at radius 1 is 0.947 bits per heavy atom. The molecule has 3 nitrogen and oxygen atoms in total. The van der Waals surface area contributed by atoms with Crippen LogP contribution in [0.2, 0.25) is 0 Å². The van der Waals surface area contributed by atoms with Gasteiger partial charge in [0, 0.05) is 0 Å². The molecule has 2 aromatic rings. The van der Waals surface area contributed by atoms with Crippen molar-refractivity contribution in [3.05, 3.63) is 24.3 Å². The zero-order valence-electron chi connectivity index (χ0n) is 11.1. The van der Waals surface area contributed by atoms with Crippen LogP contribution >= 0.6 is 0 Å². The molecule has 0 aliphatic heterocycles. The fraction of sp³-hybridized carbons (Fsp3) is 0.625. The normalized spacial score (nSPS) is 40.1. The molecule has 0 atom stereocenters. The van der Waals surface area contributed by atoms with Crippen molar-refractivity contribution in [3.8, 4) is 0 Å². The highest BCUT2D eigenvalue weighted by Crippen LogP contribution is 2.58. The fourth-order valence-electron chi connectivity index (χ4n) is 5.54. The molecule has 19 heavy (non-hydrogen) atoms. The predicted molar refractivity (Wildman–Crippen MR) is 73.7 cm³/mol. The molecule has 0 spiro atoms. The van der Waals surface area contributed by atoms with Gasteiger partial charge in [-0.3, -0.25) is 0 Å². The minimum atomic E-state index is 0.296. The standard InChI is InChI=1S/C16H19N3/c1-2-4-15-14(3-1)17-18-19(15)16-8-11-5-12(9-16)7-13(6-11)10-16/h1-4,11-13H,5-10H2. The predicted octanol–water partition coefficient (Wildman–Crippen LogP) is 3.36. The van der Waals surface area contributed by atoms with Crippen LogP contribution in [0.1, 0.15) is 38.5 Å². The highest BCUT2D eigenvalue weighted by Gasteiger charge is 2.52. The van der Waals surface area contributed by atoms with E-state index in [1.54, 1.807) is 0 Å². The zero-order chi connectivity index (χ0) is 12.4. The van der Waals surface area contributed by atoms with Gasteiger partial charge in [0.2, 0.25) is 0 Å². The lowest BCUT2D eigenvalue weighted by atomic mass is 9.53. The van der Waals surface area contributed by atoms with Crippen LogP contribution in [0, 0.1) is 17.8 Å². The molecule has 0 N–H and O–H groups in total. The zero-order valence-corrected chi connectivity index (χ0v) is 11.1. The number of hydrogen-bond acceptors (Lipinski definition) is 2. The van der Waals surface area contributed by atoms with Gasteiger partial charge in [-0.1, -0.05) is 17.3 Å². The molecule has 0 radical (unpaired) electrons. The molecule has 1 aromatic carbocycles. The number of nitrogens with zero attached hydrogens (tertiary/aromatic N) is 3.